The fraction of sp³-hybridized carbons (Fsp3) is 0.577. The molecule has 2 heterocycles. The summed E-state index contributed by atoms with van der Waals surface area (Å²) in [5, 5.41) is 23.2. The number of hydrogen-bond acceptors (Lipinski definition) is 8. The van der Waals surface area contributed by atoms with Gasteiger partial charge in [0, 0.05) is 43.5 Å². The van der Waals surface area contributed by atoms with Crippen LogP contribution in [-0.2, 0) is 26.0 Å². The largest absolute Gasteiger partial charge is 0.396 e. The Kier molecular flexibility index (Phi) is 7.78. The highest BCUT2D eigenvalue weighted by atomic mass is 32.2. The molecule has 2 unspecified atom stereocenters. The lowest BCUT2D eigenvalue weighted by Crippen LogP contribution is -2.53. The van der Waals surface area contributed by atoms with Gasteiger partial charge in [-0.15, -0.1) is 0 Å². The summed E-state index contributed by atoms with van der Waals surface area (Å²) in [7, 11) is 1.38. The second kappa shape index (κ2) is 10.4. The van der Waals surface area contributed by atoms with Crippen molar-refractivity contribution in [3.8, 4) is 6.07 Å². The Hall–Kier alpha value is -2.72. The average Bonchev–Trinajstić information content (AvgIpc) is 3.61. The van der Waals surface area contributed by atoms with Crippen molar-refractivity contribution in [3.63, 3.8) is 0 Å². The Labute approximate surface area is 227 Å². The maximum Gasteiger partial charge on any atom is 0.271 e. The quantitative estimate of drug-likeness (QED) is 0.352. The van der Waals surface area contributed by atoms with Crippen LogP contribution < -0.4 is 10.7 Å². The van der Waals surface area contributed by atoms with E-state index in [2.05, 4.69) is 27.1 Å². The van der Waals surface area contributed by atoms with E-state index in [0.29, 0.717) is 48.7 Å². The molecule has 0 spiro atoms. The van der Waals surface area contributed by atoms with Crippen LogP contribution in [0.25, 0.3) is 0 Å². The molecule has 0 aromatic heterocycles. The van der Waals surface area contributed by atoms with Crippen molar-refractivity contribution in [2.45, 2.75) is 61.2 Å². The highest BCUT2D eigenvalue weighted by Gasteiger charge is 2.62. The summed E-state index contributed by atoms with van der Waals surface area (Å²) in [5.74, 6) is -1.02. The molecule has 38 heavy (non-hydrogen) atoms. The van der Waals surface area contributed by atoms with E-state index >= 15 is 0 Å². The van der Waals surface area contributed by atoms with Gasteiger partial charge < -0.3 is 20.3 Å². The van der Waals surface area contributed by atoms with Crippen LogP contribution in [-0.4, -0.2) is 87.8 Å². The van der Waals surface area contributed by atoms with Crippen LogP contribution in [0, 0.1) is 17.2 Å². The lowest BCUT2D eigenvalue weighted by molar-refractivity contribution is -0.129. The zero-order chi connectivity index (χ0) is 27.9. The highest BCUT2D eigenvalue weighted by Crippen LogP contribution is 2.51. The van der Waals surface area contributed by atoms with Gasteiger partial charge in [0.2, 0.25) is 5.91 Å². The molecule has 1 fully saturated rings. The maximum absolute atomic E-state index is 13.8. The van der Waals surface area contributed by atoms with Gasteiger partial charge in [0.1, 0.15) is 11.7 Å². The van der Waals surface area contributed by atoms with Crippen LogP contribution in [0.5, 0.6) is 0 Å². The number of nitrogens with one attached hydrogen (secondary N) is 2. The number of rotatable bonds is 10. The first-order chi connectivity index (χ1) is 17.9. The minimum absolute atomic E-state index is 0.0949. The molecule has 2 amide bonds. The van der Waals surface area contributed by atoms with Crippen molar-refractivity contribution < 1.29 is 23.1 Å². The second-order valence-corrected chi connectivity index (χ2v) is 14.2. The number of hydrazine groups is 1. The Morgan fingerprint density at radius 2 is 2.00 bits per heavy atom. The van der Waals surface area contributed by atoms with E-state index in [1.807, 2.05) is 0 Å². The van der Waals surface area contributed by atoms with Crippen molar-refractivity contribution >= 4 is 31.9 Å². The first-order valence-electron chi connectivity index (χ1n) is 12.7. The molecule has 2 atom stereocenters. The van der Waals surface area contributed by atoms with Crippen molar-refractivity contribution in [1.29, 1.82) is 5.26 Å². The van der Waals surface area contributed by atoms with Crippen molar-refractivity contribution in [1.82, 2.24) is 20.7 Å². The number of hydrogen-bond donors (Lipinski definition) is 3. The number of carbonyl (C=O) groups is 2. The summed E-state index contributed by atoms with van der Waals surface area (Å²) < 4.78 is 25.3. The standard InChI is InChI=1S/C26H34N5O5SSi/c1-25(2,19(14-32)15-38)37(35,36)26(9-10-26)16-31-11-8-20-21(29-30(3)22(20)24(31)34)23(33)28-13-18-6-4-17(12-27)5-7-18/h4-7,19,21,29,32H,8-11,13-16H2,1-3H3,(H,28,33). The van der Waals surface area contributed by atoms with E-state index in [4.69, 9.17) is 5.26 Å². The van der Waals surface area contributed by atoms with E-state index in [1.165, 1.54) is 0 Å². The number of nitrogens with zero attached hydrogens (tertiary/aromatic N) is 3. The van der Waals surface area contributed by atoms with Gasteiger partial charge in [0.15, 0.2) is 9.84 Å². The smallest absolute Gasteiger partial charge is 0.271 e. The first-order valence-corrected chi connectivity index (χ1v) is 14.9. The molecule has 0 bridgehead atoms. The Balaban J connectivity index is 1.47. The summed E-state index contributed by atoms with van der Waals surface area (Å²) in [6, 6.07) is 8.66. The molecule has 2 aliphatic heterocycles. The predicted octanol–water partition coefficient (Wildman–Crippen LogP) is 0.401. The van der Waals surface area contributed by atoms with Gasteiger partial charge in [-0.1, -0.05) is 18.2 Å². The zero-order valence-corrected chi connectivity index (χ0v) is 23.8. The van der Waals surface area contributed by atoms with Gasteiger partial charge in [-0.25, -0.2) is 13.8 Å². The monoisotopic (exact) mass is 556 g/mol. The summed E-state index contributed by atoms with van der Waals surface area (Å²) in [4.78, 5) is 28.1. The highest BCUT2D eigenvalue weighted by molar-refractivity contribution is 7.94. The predicted molar refractivity (Wildman–Crippen MR) is 142 cm³/mol. The van der Waals surface area contributed by atoms with Crippen LogP contribution in [0.3, 0.4) is 0 Å². The lowest BCUT2D eigenvalue weighted by atomic mass is 9.97. The first kappa shape index (κ1) is 28.3. The molecule has 3 aliphatic rings. The average molecular weight is 557 g/mol. The third-order valence-corrected chi connectivity index (χ3v) is 12.2. The molecular weight excluding hydrogens is 522 g/mol. The van der Waals surface area contributed by atoms with Gasteiger partial charge in [-0.05, 0) is 62.3 Å². The molecule has 12 heteroatoms. The lowest BCUT2D eigenvalue weighted by Gasteiger charge is -2.39. The molecular formula is C26H34N5O5SSi. The minimum Gasteiger partial charge on any atom is -0.396 e. The molecule has 0 saturated heterocycles. The van der Waals surface area contributed by atoms with Crippen LogP contribution in [0.15, 0.2) is 35.5 Å². The van der Waals surface area contributed by atoms with E-state index in [1.54, 1.807) is 55.1 Å². The topological polar surface area (TPSA) is 143 Å². The van der Waals surface area contributed by atoms with E-state index in [9.17, 15) is 23.1 Å². The molecule has 1 aromatic carbocycles. The number of carbonyl (C=O) groups excluding carboxylic acids is 2. The molecule has 1 saturated carbocycles. The normalized spacial score (nSPS) is 21.7. The van der Waals surface area contributed by atoms with Gasteiger partial charge in [0.05, 0.1) is 21.1 Å². The van der Waals surface area contributed by atoms with Gasteiger partial charge >= 0.3 is 0 Å². The summed E-state index contributed by atoms with van der Waals surface area (Å²) in [5.41, 5.74) is 5.54. The number of nitriles is 1. The molecule has 1 aromatic rings. The number of aliphatic hydroxyl groups excluding tert-OH is 1. The Morgan fingerprint density at radius 3 is 2.55 bits per heavy atom. The van der Waals surface area contributed by atoms with Crippen molar-refractivity contribution in [2.24, 2.45) is 5.92 Å². The van der Waals surface area contributed by atoms with Gasteiger partial charge in [0.25, 0.3) is 5.91 Å². The molecule has 4 rings (SSSR count). The molecule has 1 aliphatic carbocycles. The number of aliphatic hydroxyl groups is 1. The van der Waals surface area contributed by atoms with Crippen LogP contribution >= 0.6 is 0 Å². The van der Waals surface area contributed by atoms with Crippen LogP contribution in [0.1, 0.15) is 44.2 Å². The summed E-state index contributed by atoms with van der Waals surface area (Å²) in [6.07, 6.45) is 1.40. The number of likely N-dealkylation sites (N-methyl/N-ethyl adjacent to an activating group) is 1. The molecule has 3 N–H and O–H groups in total. The summed E-state index contributed by atoms with van der Waals surface area (Å²) >= 11 is 0. The van der Waals surface area contributed by atoms with Gasteiger partial charge in [-0.2, -0.15) is 5.26 Å². The summed E-state index contributed by atoms with van der Waals surface area (Å²) in [6.45, 7) is 3.75. The third kappa shape index (κ3) is 4.77. The minimum atomic E-state index is -3.68. The van der Waals surface area contributed by atoms with E-state index in [0.717, 1.165) is 5.56 Å². The number of benzene rings is 1. The van der Waals surface area contributed by atoms with E-state index < -0.39 is 31.3 Å². The number of sulfone groups is 1. The Bertz CT molecular complexity index is 1280. The van der Waals surface area contributed by atoms with Crippen LogP contribution in [0.4, 0.5) is 0 Å². The van der Waals surface area contributed by atoms with Crippen LogP contribution in [0.2, 0.25) is 6.04 Å². The second-order valence-electron chi connectivity index (χ2n) is 10.9. The number of amides is 2. The maximum atomic E-state index is 13.8. The third-order valence-electron chi connectivity index (χ3n) is 8.26. The van der Waals surface area contributed by atoms with Gasteiger partial charge in [-0.3, -0.25) is 9.59 Å². The van der Waals surface area contributed by atoms with Crippen molar-refractivity contribution in [3.05, 3.63) is 46.7 Å². The Morgan fingerprint density at radius 1 is 1.34 bits per heavy atom. The fourth-order valence-corrected chi connectivity index (χ4v) is 8.87. The molecule has 203 valence electrons. The zero-order valence-electron chi connectivity index (χ0n) is 22.0. The molecule has 3 radical (unpaired) electrons. The van der Waals surface area contributed by atoms with Crippen molar-refractivity contribution in [2.75, 3.05) is 26.7 Å². The van der Waals surface area contributed by atoms with E-state index in [-0.39, 0.29) is 31.5 Å². The SMILES string of the molecule is CN1NC(C(=O)NCc2ccc(C#N)cc2)C2=C1C(=O)N(CC1(S(=O)(=O)C(C)(C)C(CO)C[Si])CC1)CC2. The fourth-order valence-electron chi connectivity index (χ4n) is 5.40. The molecule has 10 nitrogen and oxygen atoms in total.